The van der Waals surface area contributed by atoms with Crippen LogP contribution >= 0.6 is 0 Å². The molecule has 0 bridgehead atoms. The van der Waals surface area contributed by atoms with E-state index < -0.39 is 0 Å². The van der Waals surface area contributed by atoms with E-state index in [1.54, 1.807) is 0 Å². The Balaban J connectivity index is 3.18. The molecule has 2 heteroatoms. The highest BCUT2D eigenvalue weighted by atomic mass is 16.5. The molecule has 0 radical (unpaired) electrons. The Kier molecular flexibility index (Phi) is 29.8. The van der Waals surface area contributed by atoms with Crippen LogP contribution in [0.15, 0.2) is 12.2 Å². The number of esters is 1. The third-order valence-corrected chi connectivity index (χ3v) is 7.69. The monoisotopic (exact) mass is 507 g/mol. The normalized spacial score (nSPS) is 12.4. The molecule has 36 heavy (non-hydrogen) atoms. The van der Waals surface area contributed by atoms with E-state index in [0.29, 0.717) is 13.0 Å². The van der Waals surface area contributed by atoms with Crippen molar-refractivity contribution < 1.29 is 9.53 Å². The first kappa shape index (κ1) is 35.2. The summed E-state index contributed by atoms with van der Waals surface area (Å²) in [6.45, 7) is 7.56. The van der Waals surface area contributed by atoms with Gasteiger partial charge in [-0.05, 0) is 38.0 Å². The topological polar surface area (TPSA) is 26.3 Å². The second-order valence-electron chi connectivity index (χ2n) is 11.4. The molecule has 0 aliphatic carbocycles. The van der Waals surface area contributed by atoms with Gasteiger partial charge in [-0.2, -0.15) is 0 Å². The number of hydrogen-bond acceptors (Lipinski definition) is 2. The first-order chi connectivity index (χ1) is 17.7. The van der Waals surface area contributed by atoms with Crippen molar-refractivity contribution >= 4 is 5.97 Å². The lowest BCUT2D eigenvalue weighted by Gasteiger charge is -2.07. The van der Waals surface area contributed by atoms with Gasteiger partial charge in [-0.25, -0.2) is 0 Å². The molecule has 0 spiro atoms. The molecule has 214 valence electrons. The van der Waals surface area contributed by atoms with Gasteiger partial charge in [-0.15, -0.1) is 0 Å². The van der Waals surface area contributed by atoms with Gasteiger partial charge in [0.2, 0.25) is 0 Å². The van der Waals surface area contributed by atoms with Gasteiger partial charge in [0, 0.05) is 6.42 Å². The highest BCUT2D eigenvalue weighted by molar-refractivity contribution is 5.69. The summed E-state index contributed by atoms with van der Waals surface area (Å²) in [5, 5.41) is 0. The number of hydrogen-bond donors (Lipinski definition) is 0. The molecule has 0 aromatic carbocycles. The van der Waals surface area contributed by atoms with Crippen LogP contribution in [0.5, 0.6) is 0 Å². The number of carbonyl (C=O) groups excluding carboxylic acids is 1. The molecule has 1 unspecified atom stereocenters. The van der Waals surface area contributed by atoms with E-state index >= 15 is 0 Å². The fourth-order valence-corrected chi connectivity index (χ4v) is 4.80. The Morgan fingerprint density at radius 3 is 1.56 bits per heavy atom. The molecule has 0 rings (SSSR count). The van der Waals surface area contributed by atoms with Crippen LogP contribution in [0.1, 0.15) is 188 Å². The molecule has 0 aliphatic rings. The van der Waals surface area contributed by atoms with Gasteiger partial charge in [-0.3, -0.25) is 4.79 Å². The molecule has 1 atom stereocenters. The van der Waals surface area contributed by atoms with Crippen molar-refractivity contribution in [3.8, 4) is 0 Å². The zero-order chi connectivity index (χ0) is 26.4. The van der Waals surface area contributed by atoms with Crippen LogP contribution in [0, 0.1) is 5.92 Å². The number of unbranched alkanes of at least 4 members (excludes halogenated alkanes) is 20. The van der Waals surface area contributed by atoms with Crippen LogP contribution in [-0.4, -0.2) is 12.6 Å². The highest BCUT2D eigenvalue weighted by Gasteiger charge is 2.02. The van der Waals surface area contributed by atoms with Gasteiger partial charge >= 0.3 is 5.97 Å². The summed E-state index contributed by atoms with van der Waals surface area (Å²) in [5.41, 5.74) is 0. The third kappa shape index (κ3) is 29.4. The summed E-state index contributed by atoms with van der Waals surface area (Å²) < 4.78 is 5.41. The smallest absolute Gasteiger partial charge is 0.305 e. The van der Waals surface area contributed by atoms with Gasteiger partial charge < -0.3 is 4.74 Å². The van der Waals surface area contributed by atoms with Crippen LogP contribution < -0.4 is 0 Å². The molecular formula is C34H66O2. The summed E-state index contributed by atoms with van der Waals surface area (Å²) in [5.74, 6) is 0.940. The summed E-state index contributed by atoms with van der Waals surface area (Å²) in [6, 6.07) is 0. The number of ether oxygens (including phenoxy) is 1. The van der Waals surface area contributed by atoms with Crippen molar-refractivity contribution in [3.05, 3.63) is 12.2 Å². The lowest BCUT2D eigenvalue weighted by Crippen LogP contribution is -2.05. The lowest BCUT2D eigenvalue weighted by atomic mass is 9.99. The van der Waals surface area contributed by atoms with E-state index in [1.807, 2.05) is 0 Å². The Hall–Kier alpha value is -0.790. The summed E-state index contributed by atoms with van der Waals surface area (Å²) in [4.78, 5) is 11.9. The predicted octanol–water partition coefficient (Wildman–Crippen LogP) is 11.9. The molecule has 0 fully saturated rings. The van der Waals surface area contributed by atoms with Crippen molar-refractivity contribution in [1.29, 1.82) is 0 Å². The average molecular weight is 507 g/mol. The van der Waals surface area contributed by atoms with Crippen LogP contribution in [-0.2, 0) is 9.53 Å². The summed E-state index contributed by atoms with van der Waals surface area (Å²) >= 11 is 0. The first-order valence-electron chi connectivity index (χ1n) is 16.5. The molecular weight excluding hydrogens is 440 g/mol. The lowest BCUT2D eigenvalue weighted by molar-refractivity contribution is -0.143. The Bertz CT molecular complexity index is 456. The molecule has 0 aromatic rings. The van der Waals surface area contributed by atoms with Crippen molar-refractivity contribution in [2.45, 2.75) is 188 Å². The second-order valence-corrected chi connectivity index (χ2v) is 11.4. The van der Waals surface area contributed by atoms with E-state index in [2.05, 4.69) is 32.9 Å². The van der Waals surface area contributed by atoms with Crippen molar-refractivity contribution in [3.63, 3.8) is 0 Å². The van der Waals surface area contributed by atoms with Gasteiger partial charge in [0.1, 0.15) is 0 Å². The van der Waals surface area contributed by atoms with Crippen LogP contribution in [0.3, 0.4) is 0 Å². The van der Waals surface area contributed by atoms with E-state index in [1.165, 1.54) is 141 Å². The van der Waals surface area contributed by atoms with E-state index in [4.69, 9.17) is 4.74 Å². The largest absolute Gasteiger partial charge is 0.466 e. The predicted molar refractivity (Wildman–Crippen MR) is 161 cm³/mol. The minimum absolute atomic E-state index is 0.0138. The highest BCUT2D eigenvalue weighted by Crippen LogP contribution is 2.16. The quantitative estimate of drug-likeness (QED) is 0.0572. The molecule has 0 saturated carbocycles. The van der Waals surface area contributed by atoms with E-state index in [0.717, 1.165) is 25.2 Å². The zero-order valence-electron chi connectivity index (χ0n) is 25.1. The van der Waals surface area contributed by atoms with Crippen LogP contribution in [0.4, 0.5) is 0 Å². The Morgan fingerprint density at radius 1 is 0.583 bits per heavy atom. The minimum Gasteiger partial charge on any atom is -0.466 e. The minimum atomic E-state index is 0.0138. The van der Waals surface area contributed by atoms with Crippen molar-refractivity contribution in [1.82, 2.24) is 0 Å². The van der Waals surface area contributed by atoms with E-state index in [-0.39, 0.29) is 5.97 Å². The summed E-state index contributed by atoms with van der Waals surface area (Å²) in [6.07, 6.45) is 38.2. The Labute approximate surface area is 227 Å². The molecule has 0 aromatic heterocycles. The summed E-state index contributed by atoms with van der Waals surface area (Å²) in [7, 11) is 0. The number of allylic oxidation sites excluding steroid dienone is 2. The Morgan fingerprint density at radius 2 is 1.03 bits per heavy atom. The van der Waals surface area contributed by atoms with Crippen molar-refractivity contribution in [2.75, 3.05) is 6.61 Å². The third-order valence-electron chi connectivity index (χ3n) is 7.69. The maximum absolute atomic E-state index is 11.9. The van der Waals surface area contributed by atoms with Gasteiger partial charge in [-0.1, -0.05) is 161 Å². The van der Waals surface area contributed by atoms with Gasteiger partial charge in [0.15, 0.2) is 0 Å². The molecule has 0 saturated heterocycles. The molecule has 0 heterocycles. The second kappa shape index (κ2) is 30.4. The van der Waals surface area contributed by atoms with Crippen molar-refractivity contribution in [2.24, 2.45) is 5.92 Å². The van der Waals surface area contributed by atoms with Crippen LogP contribution in [0.25, 0.3) is 0 Å². The first-order valence-corrected chi connectivity index (χ1v) is 16.5. The molecule has 0 N–H and O–H groups in total. The molecule has 0 aliphatic heterocycles. The fourth-order valence-electron chi connectivity index (χ4n) is 4.80. The van der Waals surface area contributed by atoms with Gasteiger partial charge in [0.25, 0.3) is 0 Å². The molecule has 2 nitrogen and oxygen atoms in total. The number of carbonyl (C=O) groups is 1. The fraction of sp³-hybridized carbons (Fsp3) is 0.912. The van der Waals surface area contributed by atoms with Gasteiger partial charge in [0.05, 0.1) is 6.61 Å². The molecule has 0 amide bonds. The maximum atomic E-state index is 11.9. The average Bonchev–Trinajstić information content (AvgIpc) is 2.88. The zero-order valence-corrected chi connectivity index (χ0v) is 25.1. The number of rotatable bonds is 29. The van der Waals surface area contributed by atoms with E-state index in [9.17, 15) is 4.79 Å². The SMILES string of the molecule is CCCC/C=C\CCCCCCCC(=O)OCCCCCCCCCCCCCCCCC(C)CC. The standard InChI is InChI=1S/C34H66O2/c1-4-6-7-8-9-10-15-19-22-25-28-31-34(35)36-32-29-26-23-20-17-14-12-11-13-16-18-21-24-27-30-33(3)5-2/h8-9,33H,4-7,10-32H2,1-3H3/b9-8-. The van der Waals surface area contributed by atoms with Crippen LogP contribution in [0.2, 0.25) is 0 Å². The maximum Gasteiger partial charge on any atom is 0.305 e.